The summed E-state index contributed by atoms with van der Waals surface area (Å²) in [7, 11) is -1.44. The van der Waals surface area contributed by atoms with Gasteiger partial charge in [0.15, 0.2) is 0 Å². The van der Waals surface area contributed by atoms with Crippen molar-refractivity contribution in [2.45, 2.75) is 31.6 Å². The Morgan fingerprint density at radius 1 is 1.25 bits per heavy atom. The molecule has 0 spiro atoms. The summed E-state index contributed by atoms with van der Waals surface area (Å²) in [6.45, 7) is 6.30. The molecule has 24 heavy (non-hydrogen) atoms. The van der Waals surface area contributed by atoms with Crippen molar-refractivity contribution >= 4 is 21.6 Å². The maximum absolute atomic E-state index is 12.4. The Hall–Kier alpha value is -1.44. The molecule has 7 heteroatoms. The number of sulfonamides is 1. The molecule has 1 saturated heterocycles. The Kier molecular flexibility index (Phi) is 6.37. The second-order valence-corrected chi connectivity index (χ2v) is 8.14. The summed E-state index contributed by atoms with van der Waals surface area (Å²) in [4.78, 5) is 14.7. The van der Waals surface area contributed by atoms with E-state index in [2.05, 4.69) is 10.2 Å². The Morgan fingerprint density at radius 3 is 2.42 bits per heavy atom. The maximum atomic E-state index is 12.4. The number of likely N-dealkylation sites (tertiary alicyclic amines) is 1. The first kappa shape index (κ1) is 18.9. The number of carbonyl (C=O) groups is 1. The van der Waals surface area contributed by atoms with Crippen LogP contribution in [0.4, 0.5) is 5.69 Å². The standard InChI is InChI=1S/C17H27N3O3S/c1-4-20(5-2)24(22,23)16-10-8-15(9-11-16)18-17(21)14-7-6-12-19(3)13-14/h8-11,14H,4-7,12-13H2,1-3H3,(H,18,21)/t14-/m0/s1. The lowest BCUT2D eigenvalue weighted by molar-refractivity contribution is -0.121. The average Bonchev–Trinajstić information content (AvgIpc) is 2.56. The van der Waals surface area contributed by atoms with Crippen LogP contribution in [0.15, 0.2) is 29.2 Å². The van der Waals surface area contributed by atoms with Gasteiger partial charge in [-0.25, -0.2) is 8.42 Å². The minimum Gasteiger partial charge on any atom is -0.326 e. The van der Waals surface area contributed by atoms with Crippen molar-refractivity contribution in [3.63, 3.8) is 0 Å². The van der Waals surface area contributed by atoms with Gasteiger partial charge in [-0.1, -0.05) is 13.8 Å². The van der Waals surface area contributed by atoms with Gasteiger partial charge in [0.2, 0.25) is 15.9 Å². The van der Waals surface area contributed by atoms with Crippen LogP contribution in [0, 0.1) is 5.92 Å². The van der Waals surface area contributed by atoms with Crippen molar-refractivity contribution in [2.75, 3.05) is 38.5 Å². The van der Waals surface area contributed by atoms with Crippen molar-refractivity contribution in [3.05, 3.63) is 24.3 Å². The smallest absolute Gasteiger partial charge is 0.243 e. The van der Waals surface area contributed by atoms with E-state index in [0.717, 1.165) is 25.9 Å². The molecular formula is C17H27N3O3S. The number of benzene rings is 1. The first-order valence-corrected chi connectivity index (χ1v) is 9.92. The third kappa shape index (κ3) is 4.34. The molecule has 1 aromatic rings. The number of nitrogens with one attached hydrogen (secondary N) is 1. The molecular weight excluding hydrogens is 326 g/mol. The molecule has 1 fully saturated rings. The highest BCUT2D eigenvalue weighted by molar-refractivity contribution is 7.89. The lowest BCUT2D eigenvalue weighted by Gasteiger charge is -2.28. The second-order valence-electron chi connectivity index (χ2n) is 6.20. The zero-order valence-electron chi connectivity index (χ0n) is 14.7. The van der Waals surface area contributed by atoms with Gasteiger partial charge in [0.25, 0.3) is 0 Å². The van der Waals surface area contributed by atoms with E-state index in [1.165, 1.54) is 4.31 Å². The van der Waals surface area contributed by atoms with Gasteiger partial charge in [-0.2, -0.15) is 4.31 Å². The molecule has 134 valence electrons. The van der Waals surface area contributed by atoms with E-state index in [4.69, 9.17) is 0 Å². The SMILES string of the molecule is CCN(CC)S(=O)(=O)c1ccc(NC(=O)[C@H]2CCCN(C)C2)cc1. The molecule has 6 nitrogen and oxygen atoms in total. The summed E-state index contributed by atoms with van der Waals surface area (Å²) < 4.78 is 26.3. The van der Waals surface area contributed by atoms with E-state index in [0.29, 0.717) is 18.8 Å². The molecule has 1 aromatic carbocycles. The minimum absolute atomic E-state index is 0.000833. The summed E-state index contributed by atoms with van der Waals surface area (Å²) in [6.07, 6.45) is 1.92. The first-order valence-electron chi connectivity index (χ1n) is 8.48. The Morgan fingerprint density at radius 2 is 1.88 bits per heavy atom. The topological polar surface area (TPSA) is 69.7 Å². The van der Waals surface area contributed by atoms with Crippen LogP contribution < -0.4 is 5.32 Å². The second kappa shape index (κ2) is 8.09. The zero-order chi connectivity index (χ0) is 17.7. The highest BCUT2D eigenvalue weighted by atomic mass is 32.2. The van der Waals surface area contributed by atoms with Gasteiger partial charge in [-0.3, -0.25) is 4.79 Å². The van der Waals surface area contributed by atoms with Crippen LogP contribution in [0.1, 0.15) is 26.7 Å². The Labute approximate surface area is 144 Å². The highest BCUT2D eigenvalue weighted by Crippen LogP contribution is 2.20. The van der Waals surface area contributed by atoms with Crippen molar-refractivity contribution < 1.29 is 13.2 Å². The summed E-state index contributed by atoms with van der Waals surface area (Å²) in [5.74, 6) is -0.0104. The largest absolute Gasteiger partial charge is 0.326 e. The molecule has 1 aliphatic rings. The molecule has 1 amide bonds. The number of nitrogens with zero attached hydrogens (tertiary/aromatic N) is 2. The summed E-state index contributed by atoms with van der Waals surface area (Å²) >= 11 is 0. The van der Waals surface area contributed by atoms with Gasteiger partial charge >= 0.3 is 0 Å². The molecule has 0 aromatic heterocycles. The van der Waals surface area contributed by atoms with Crippen LogP contribution in [0.3, 0.4) is 0 Å². The number of hydrogen-bond acceptors (Lipinski definition) is 4. The third-order valence-electron chi connectivity index (χ3n) is 4.46. The molecule has 2 rings (SSSR count). The Balaban J connectivity index is 2.05. The van der Waals surface area contributed by atoms with Crippen LogP contribution in [-0.2, 0) is 14.8 Å². The van der Waals surface area contributed by atoms with Crippen LogP contribution in [-0.4, -0.2) is 56.8 Å². The molecule has 1 atom stereocenters. The number of hydrogen-bond donors (Lipinski definition) is 1. The Bertz CT molecular complexity index is 654. The summed E-state index contributed by atoms with van der Waals surface area (Å²) in [5.41, 5.74) is 0.631. The maximum Gasteiger partial charge on any atom is 0.243 e. The number of amides is 1. The fraction of sp³-hybridized carbons (Fsp3) is 0.588. The first-order chi connectivity index (χ1) is 11.4. The summed E-state index contributed by atoms with van der Waals surface area (Å²) in [5, 5.41) is 2.89. The fourth-order valence-corrected chi connectivity index (χ4v) is 4.51. The number of carbonyl (C=O) groups excluding carboxylic acids is 1. The van der Waals surface area contributed by atoms with Crippen LogP contribution >= 0.6 is 0 Å². The fourth-order valence-electron chi connectivity index (χ4n) is 3.05. The quantitative estimate of drug-likeness (QED) is 0.849. The third-order valence-corrected chi connectivity index (χ3v) is 6.52. The molecule has 1 aliphatic heterocycles. The molecule has 0 aliphatic carbocycles. The van der Waals surface area contributed by atoms with Crippen molar-refractivity contribution in [1.29, 1.82) is 0 Å². The van der Waals surface area contributed by atoms with E-state index < -0.39 is 10.0 Å². The summed E-state index contributed by atoms with van der Waals surface area (Å²) in [6, 6.07) is 6.41. The van der Waals surface area contributed by atoms with E-state index in [1.54, 1.807) is 24.3 Å². The van der Waals surface area contributed by atoms with Gasteiger partial charge in [0.1, 0.15) is 0 Å². The van der Waals surface area contributed by atoms with Crippen molar-refractivity contribution in [3.8, 4) is 0 Å². The predicted octanol–water partition coefficient (Wildman–Crippen LogP) is 2.00. The van der Waals surface area contributed by atoms with E-state index in [9.17, 15) is 13.2 Å². The predicted molar refractivity (Wildman–Crippen MR) is 95.4 cm³/mol. The van der Waals surface area contributed by atoms with Crippen LogP contribution in [0.5, 0.6) is 0 Å². The van der Waals surface area contributed by atoms with E-state index in [-0.39, 0.29) is 16.7 Å². The highest BCUT2D eigenvalue weighted by Gasteiger charge is 2.24. The lowest BCUT2D eigenvalue weighted by atomic mass is 9.97. The normalized spacial score (nSPS) is 19.4. The van der Waals surface area contributed by atoms with Gasteiger partial charge in [-0.15, -0.1) is 0 Å². The van der Waals surface area contributed by atoms with E-state index >= 15 is 0 Å². The minimum atomic E-state index is -3.46. The van der Waals surface area contributed by atoms with Crippen LogP contribution in [0.25, 0.3) is 0 Å². The van der Waals surface area contributed by atoms with Gasteiger partial charge in [-0.05, 0) is 50.7 Å². The van der Waals surface area contributed by atoms with Crippen molar-refractivity contribution in [1.82, 2.24) is 9.21 Å². The lowest BCUT2D eigenvalue weighted by Crippen LogP contribution is -2.38. The van der Waals surface area contributed by atoms with Crippen molar-refractivity contribution in [2.24, 2.45) is 5.92 Å². The monoisotopic (exact) mass is 353 g/mol. The average molecular weight is 353 g/mol. The molecule has 0 unspecified atom stereocenters. The van der Waals surface area contributed by atoms with Gasteiger partial charge < -0.3 is 10.2 Å². The molecule has 0 bridgehead atoms. The zero-order valence-corrected chi connectivity index (χ0v) is 15.5. The number of anilines is 1. The molecule has 1 N–H and O–H groups in total. The molecule has 0 saturated carbocycles. The van der Waals surface area contributed by atoms with Gasteiger partial charge in [0.05, 0.1) is 10.8 Å². The van der Waals surface area contributed by atoms with E-state index in [1.807, 2.05) is 20.9 Å². The van der Waals surface area contributed by atoms with Crippen LogP contribution in [0.2, 0.25) is 0 Å². The van der Waals surface area contributed by atoms with Gasteiger partial charge in [0, 0.05) is 25.3 Å². The number of rotatable bonds is 6. The number of piperidine rings is 1. The molecule has 1 heterocycles. The molecule has 0 radical (unpaired) electrons.